The highest BCUT2D eigenvalue weighted by atomic mass is 16.3. The van der Waals surface area contributed by atoms with E-state index in [-0.39, 0.29) is 11.3 Å². The third-order valence-corrected chi connectivity index (χ3v) is 2.43. The smallest absolute Gasteiger partial charge is 0.161 e. The molecule has 0 saturated carbocycles. The number of nitrogens with zero attached hydrogens (tertiary/aromatic N) is 2. The van der Waals surface area contributed by atoms with Crippen LogP contribution in [0.15, 0.2) is 36.5 Å². The van der Waals surface area contributed by atoms with Crippen molar-refractivity contribution in [1.29, 1.82) is 0 Å². The van der Waals surface area contributed by atoms with Crippen molar-refractivity contribution in [3.63, 3.8) is 0 Å². The first-order chi connectivity index (χ1) is 7.48. The predicted octanol–water partition coefficient (Wildman–Crippen LogP) is 3.01. The fourth-order valence-corrected chi connectivity index (χ4v) is 1.51. The Kier molecular flexibility index (Phi) is 2.46. The first-order valence-electron chi connectivity index (χ1n) is 5.33. The lowest BCUT2D eigenvalue weighted by molar-refractivity contribution is 0.353. The van der Waals surface area contributed by atoms with Crippen LogP contribution in [0.1, 0.15) is 20.8 Å². The van der Waals surface area contributed by atoms with Crippen LogP contribution in [0.25, 0.3) is 11.3 Å². The molecule has 0 radical (unpaired) electrons. The molecule has 2 aromatic rings. The zero-order chi connectivity index (χ0) is 11.8. The molecular formula is C13H16N2O. The van der Waals surface area contributed by atoms with Gasteiger partial charge in [-0.05, 0) is 20.8 Å². The summed E-state index contributed by atoms with van der Waals surface area (Å²) < 4.78 is 1.78. The minimum Gasteiger partial charge on any atom is -0.504 e. The third-order valence-electron chi connectivity index (χ3n) is 2.43. The van der Waals surface area contributed by atoms with Crippen molar-refractivity contribution >= 4 is 0 Å². The maximum Gasteiger partial charge on any atom is 0.161 e. The quantitative estimate of drug-likeness (QED) is 0.795. The van der Waals surface area contributed by atoms with Crippen LogP contribution in [0.3, 0.4) is 0 Å². The van der Waals surface area contributed by atoms with Crippen LogP contribution < -0.4 is 0 Å². The summed E-state index contributed by atoms with van der Waals surface area (Å²) in [4.78, 5) is 0. The van der Waals surface area contributed by atoms with Crippen LogP contribution in [-0.2, 0) is 5.54 Å². The van der Waals surface area contributed by atoms with E-state index < -0.39 is 0 Å². The molecule has 2 rings (SSSR count). The molecule has 0 aliphatic rings. The maximum absolute atomic E-state index is 9.86. The number of benzene rings is 1. The molecule has 0 saturated heterocycles. The van der Waals surface area contributed by atoms with E-state index >= 15 is 0 Å². The van der Waals surface area contributed by atoms with Crippen molar-refractivity contribution < 1.29 is 5.11 Å². The Morgan fingerprint density at radius 3 is 2.25 bits per heavy atom. The first-order valence-corrected chi connectivity index (χ1v) is 5.33. The highest BCUT2D eigenvalue weighted by molar-refractivity contribution is 5.65. The van der Waals surface area contributed by atoms with Gasteiger partial charge in [0.25, 0.3) is 0 Å². The van der Waals surface area contributed by atoms with Gasteiger partial charge in [-0.3, -0.25) is 4.68 Å². The fraction of sp³-hybridized carbons (Fsp3) is 0.308. The molecule has 0 aliphatic carbocycles. The van der Waals surface area contributed by atoms with Crippen molar-refractivity contribution in [1.82, 2.24) is 9.78 Å². The van der Waals surface area contributed by atoms with E-state index in [0.29, 0.717) is 5.69 Å². The molecule has 0 atom stereocenters. The van der Waals surface area contributed by atoms with E-state index in [1.807, 2.05) is 51.1 Å². The first kappa shape index (κ1) is 10.7. The van der Waals surface area contributed by atoms with Gasteiger partial charge < -0.3 is 5.11 Å². The summed E-state index contributed by atoms with van der Waals surface area (Å²) in [5.74, 6) is 0.223. The number of rotatable bonds is 1. The maximum atomic E-state index is 9.86. The summed E-state index contributed by atoms with van der Waals surface area (Å²) in [5, 5.41) is 14.3. The molecule has 1 aromatic carbocycles. The van der Waals surface area contributed by atoms with Gasteiger partial charge in [-0.2, -0.15) is 5.10 Å². The highest BCUT2D eigenvalue weighted by Crippen LogP contribution is 2.29. The number of hydrogen-bond acceptors (Lipinski definition) is 2. The minimum absolute atomic E-state index is 0.121. The molecule has 0 aliphatic heterocycles. The second kappa shape index (κ2) is 3.67. The molecule has 1 heterocycles. The van der Waals surface area contributed by atoms with Gasteiger partial charge in [0.15, 0.2) is 5.75 Å². The summed E-state index contributed by atoms with van der Waals surface area (Å²) in [6.45, 7) is 6.15. The zero-order valence-electron chi connectivity index (χ0n) is 9.81. The van der Waals surface area contributed by atoms with Crippen LogP contribution >= 0.6 is 0 Å². The van der Waals surface area contributed by atoms with Crippen LogP contribution in [0.5, 0.6) is 5.75 Å². The molecule has 3 heteroatoms. The van der Waals surface area contributed by atoms with Crippen LogP contribution in [-0.4, -0.2) is 14.9 Å². The van der Waals surface area contributed by atoms with E-state index in [9.17, 15) is 5.11 Å². The Bertz CT molecular complexity index is 480. The molecule has 16 heavy (non-hydrogen) atoms. The van der Waals surface area contributed by atoms with E-state index in [1.165, 1.54) is 0 Å². The Morgan fingerprint density at radius 2 is 1.75 bits per heavy atom. The summed E-state index contributed by atoms with van der Waals surface area (Å²) in [6.07, 6.45) is 1.67. The Morgan fingerprint density at radius 1 is 1.12 bits per heavy atom. The average Bonchev–Trinajstić information content (AvgIpc) is 2.61. The van der Waals surface area contributed by atoms with Crippen molar-refractivity contribution in [3.05, 3.63) is 36.5 Å². The monoisotopic (exact) mass is 216 g/mol. The molecule has 0 bridgehead atoms. The molecule has 3 nitrogen and oxygen atoms in total. The van der Waals surface area contributed by atoms with Crippen molar-refractivity contribution in [2.45, 2.75) is 26.3 Å². The summed E-state index contributed by atoms with van der Waals surface area (Å²) in [7, 11) is 0. The second-order valence-electron chi connectivity index (χ2n) is 4.84. The number of aromatic hydroxyl groups is 1. The summed E-state index contributed by atoms with van der Waals surface area (Å²) >= 11 is 0. The van der Waals surface area contributed by atoms with Gasteiger partial charge in [-0.15, -0.1) is 0 Å². The molecule has 0 unspecified atom stereocenters. The average molecular weight is 216 g/mol. The predicted molar refractivity (Wildman–Crippen MR) is 64.3 cm³/mol. The lowest BCUT2D eigenvalue weighted by Crippen LogP contribution is -2.22. The zero-order valence-corrected chi connectivity index (χ0v) is 9.81. The van der Waals surface area contributed by atoms with Crippen LogP contribution in [0, 0.1) is 0 Å². The molecule has 0 amide bonds. The van der Waals surface area contributed by atoms with Crippen molar-refractivity contribution in [2.75, 3.05) is 0 Å². The van der Waals surface area contributed by atoms with Crippen molar-refractivity contribution in [3.8, 4) is 17.0 Å². The fourth-order valence-electron chi connectivity index (χ4n) is 1.51. The van der Waals surface area contributed by atoms with Gasteiger partial charge in [-0.25, -0.2) is 0 Å². The van der Waals surface area contributed by atoms with Gasteiger partial charge in [0, 0.05) is 5.56 Å². The molecule has 1 aromatic heterocycles. The standard InChI is InChI=1S/C13H16N2O/c1-13(2,3)15-9-11(16)12(14-15)10-7-5-4-6-8-10/h4-9,16H,1-3H3. The van der Waals surface area contributed by atoms with E-state index in [4.69, 9.17) is 0 Å². The number of hydrogen-bond donors (Lipinski definition) is 1. The minimum atomic E-state index is -0.121. The van der Waals surface area contributed by atoms with E-state index in [1.54, 1.807) is 10.9 Å². The Balaban J connectivity index is 2.48. The topological polar surface area (TPSA) is 38.0 Å². The highest BCUT2D eigenvalue weighted by Gasteiger charge is 2.18. The molecule has 0 spiro atoms. The second-order valence-corrected chi connectivity index (χ2v) is 4.84. The normalized spacial score (nSPS) is 11.7. The van der Waals surface area contributed by atoms with Gasteiger partial charge in [0.2, 0.25) is 0 Å². The van der Waals surface area contributed by atoms with Gasteiger partial charge >= 0.3 is 0 Å². The van der Waals surface area contributed by atoms with Gasteiger partial charge in [0.05, 0.1) is 11.7 Å². The van der Waals surface area contributed by atoms with Crippen LogP contribution in [0.4, 0.5) is 0 Å². The molecule has 0 fully saturated rings. The molecule has 1 N–H and O–H groups in total. The summed E-state index contributed by atoms with van der Waals surface area (Å²) in [5.41, 5.74) is 1.45. The van der Waals surface area contributed by atoms with Crippen LogP contribution in [0.2, 0.25) is 0 Å². The SMILES string of the molecule is CC(C)(C)n1cc(O)c(-c2ccccc2)n1. The van der Waals surface area contributed by atoms with Gasteiger partial charge in [-0.1, -0.05) is 30.3 Å². The van der Waals surface area contributed by atoms with E-state index in [0.717, 1.165) is 5.56 Å². The van der Waals surface area contributed by atoms with E-state index in [2.05, 4.69) is 5.10 Å². The lowest BCUT2D eigenvalue weighted by Gasteiger charge is -2.18. The largest absolute Gasteiger partial charge is 0.504 e. The summed E-state index contributed by atoms with van der Waals surface area (Å²) in [6, 6.07) is 9.70. The Labute approximate surface area is 95.3 Å². The number of aromatic nitrogens is 2. The molecular weight excluding hydrogens is 200 g/mol. The Hall–Kier alpha value is -1.77. The third kappa shape index (κ3) is 1.94. The molecule has 84 valence electrons. The lowest BCUT2D eigenvalue weighted by atomic mass is 10.1. The van der Waals surface area contributed by atoms with Gasteiger partial charge in [0.1, 0.15) is 5.69 Å². The van der Waals surface area contributed by atoms with Crippen molar-refractivity contribution in [2.24, 2.45) is 0 Å².